The molecule has 0 amide bonds. The molecule has 2 rings (SSSR count). The van der Waals surface area contributed by atoms with Crippen molar-refractivity contribution in [2.24, 2.45) is 0 Å². The monoisotopic (exact) mass is 240 g/mol. The maximum absolute atomic E-state index is 5.81. The Labute approximate surface area is 106 Å². The van der Waals surface area contributed by atoms with Crippen LogP contribution in [-0.4, -0.2) is 49.3 Å². The van der Waals surface area contributed by atoms with Gasteiger partial charge >= 0.3 is 0 Å². The van der Waals surface area contributed by atoms with Crippen LogP contribution in [0.2, 0.25) is 0 Å². The molecule has 17 heavy (non-hydrogen) atoms. The fourth-order valence-corrected chi connectivity index (χ4v) is 2.93. The van der Waals surface area contributed by atoms with Gasteiger partial charge in [0.25, 0.3) is 0 Å². The molecule has 0 saturated carbocycles. The molecule has 0 aliphatic carbocycles. The first-order valence-corrected chi connectivity index (χ1v) is 7.31. The highest BCUT2D eigenvalue weighted by molar-refractivity contribution is 4.89. The van der Waals surface area contributed by atoms with Crippen LogP contribution in [-0.2, 0) is 4.74 Å². The van der Waals surface area contributed by atoms with E-state index < -0.39 is 0 Å². The fraction of sp³-hybridized carbons (Fsp3) is 1.00. The van der Waals surface area contributed by atoms with Gasteiger partial charge < -0.3 is 15.0 Å². The van der Waals surface area contributed by atoms with Crippen molar-refractivity contribution >= 4 is 0 Å². The Balaban J connectivity index is 1.71. The second-order valence-corrected chi connectivity index (χ2v) is 5.89. The molecule has 2 fully saturated rings. The van der Waals surface area contributed by atoms with Crippen LogP contribution in [0.1, 0.15) is 46.0 Å². The van der Waals surface area contributed by atoms with E-state index >= 15 is 0 Å². The van der Waals surface area contributed by atoms with Gasteiger partial charge in [-0.3, -0.25) is 0 Å². The molecule has 0 spiro atoms. The van der Waals surface area contributed by atoms with E-state index in [-0.39, 0.29) is 0 Å². The fourth-order valence-electron chi connectivity index (χ4n) is 2.93. The molecular formula is C14H28N2O. The SMILES string of the molecule is CCC1(C)CN(CCC2CCCCO2)CCN1. The Hall–Kier alpha value is -0.120. The molecule has 0 aromatic rings. The number of ether oxygens (including phenoxy) is 1. The summed E-state index contributed by atoms with van der Waals surface area (Å²) in [5, 5.41) is 3.64. The zero-order chi connectivity index (χ0) is 12.1. The molecule has 3 heteroatoms. The van der Waals surface area contributed by atoms with Crippen molar-refractivity contribution < 1.29 is 4.74 Å². The third kappa shape index (κ3) is 3.94. The Kier molecular flexibility index (Phi) is 4.83. The molecule has 1 N–H and O–H groups in total. The van der Waals surface area contributed by atoms with E-state index in [0.717, 1.165) is 13.2 Å². The van der Waals surface area contributed by atoms with Crippen LogP contribution in [0.15, 0.2) is 0 Å². The van der Waals surface area contributed by atoms with Crippen LogP contribution < -0.4 is 5.32 Å². The summed E-state index contributed by atoms with van der Waals surface area (Å²) in [6.45, 7) is 10.3. The highest BCUT2D eigenvalue weighted by atomic mass is 16.5. The molecule has 2 aliphatic rings. The van der Waals surface area contributed by atoms with Crippen LogP contribution >= 0.6 is 0 Å². The van der Waals surface area contributed by atoms with Crippen molar-refractivity contribution in [1.82, 2.24) is 10.2 Å². The van der Waals surface area contributed by atoms with Gasteiger partial charge in [0.15, 0.2) is 0 Å². The number of hydrogen-bond acceptors (Lipinski definition) is 3. The van der Waals surface area contributed by atoms with Crippen LogP contribution in [0.5, 0.6) is 0 Å². The maximum atomic E-state index is 5.81. The second-order valence-electron chi connectivity index (χ2n) is 5.89. The summed E-state index contributed by atoms with van der Waals surface area (Å²) in [6, 6.07) is 0. The smallest absolute Gasteiger partial charge is 0.0587 e. The molecule has 2 atom stereocenters. The van der Waals surface area contributed by atoms with Crippen LogP contribution in [0, 0.1) is 0 Å². The van der Waals surface area contributed by atoms with Gasteiger partial charge in [-0.1, -0.05) is 6.92 Å². The third-order valence-corrected chi connectivity index (χ3v) is 4.37. The van der Waals surface area contributed by atoms with E-state index in [1.807, 2.05) is 0 Å². The predicted octanol–water partition coefficient (Wildman–Crippen LogP) is 2.02. The number of rotatable bonds is 4. The average Bonchev–Trinajstić information content (AvgIpc) is 2.38. The van der Waals surface area contributed by atoms with Crippen molar-refractivity contribution in [2.75, 3.05) is 32.8 Å². The van der Waals surface area contributed by atoms with Gasteiger partial charge in [-0.25, -0.2) is 0 Å². The summed E-state index contributed by atoms with van der Waals surface area (Å²) in [5.74, 6) is 0. The minimum atomic E-state index is 0.325. The van der Waals surface area contributed by atoms with Crippen molar-refractivity contribution in [1.29, 1.82) is 0 Å². The molecule has 2 heterocycles. The van der Waals surface area contributed by atoms with Crippen LogP contribution in [0.25, 0.3) is 0 Å². The molecular weight excluding hydrogens is 212 g/mol. The molecule has 0 aromatic carbocycles. The largest absolute Gasteiger partial charge is 0.378 e. The van der Waals surface area contributed by atoms with Crippen LogP contribution in [0.3, 0.4) is 0 Å². The lowest BCUT2D eigenvalue weighted by atomic mass is 9.95. The zero-order valence-corrected chi connectivity index (χ0v) is 11.5. The lowest BCUT2D eigenvalue weighted by Gasteiger charge is -2.41. The highest BCUT2D eigenvalue weighted by Crippen LogP contribution is 2.19. The summed E-state index contributed by atoms with van der Waals surface area (Å²) < 4.78 is 5.81. The Morgan fingerprint density at radius 3 is 3.00 bits per heavy atom. The minimum Gasteiger partial charge on any atom is -0.378 e. The molecule has 2 aliphatic heterocycles. The lowest BCUT2D eigenvalue weighted by Crippen LogP contribution is -2.58. The predicted molar refractivity (Wildman–Crippen MR) is 71.3 cm³/mol. The molecule has 2 unspecified atom stereocenters. The van der Waals surface area contributed by atoms with Gasteiger partial charge in [0.1, 0.15) is 0 Å². The highest BCUT2D eigenvalue weighted by Gasteiger charge is 2.28. The van der Waals surface area contributed by atoms with Gasteiger partial charge in [0, 0.05) is 38.3 Å². The first kappa shape index (κ1) is 13.3. The second kappa shape index (κ2) is 6.17. The molecule has 0 radical (unpaired) electrons. The Bertz CT molecular complexity index is 228. The Morgan fingerprint density at radius 2 is 2.29 bits per heavy atom. The molecule has 0 aromatic heterocycles. The van der Waals surface area contributed by atoms with Crippen molar-refractivity contribution in [2.45, 2.75) is 57.6 Å². The van der Waals surface area contributed by atoms with Gasteiger partial charge in [-0.2, -0.15) is 0 Å². The summed E-state index contributed by atoms with van der Waals surface area (Å²) >= 11 is 0. The molecule has 3 nitrogen and oxygen atoms in total. The molecule has 2 saturated heterocycles. The number of hydrogen-bond donors (Lipinski definition) is 1. The summed E-state index contributed by atoms with van der Waals surface area (Å²) in [4.78, 5) is 2.61. The zero-order valence-electron chi connectivity index (χ0n) is 11.5. The van der Waals surface area contributed by atoms with E-state index in [1.165, 1.54) is 51.7 Å². The number of nitrogens with one attached hydrogen (secondary N) is 1. The van der Waals surface area contributed by atoms with Crippen molar-refractivity contribution in [3.05, 3.63) is 0 Å². The average molecular weight is 240 g/mol. The van der Waals surface area contributed by atoms with Gasteiger partial charge in [-0.15, -0.1) is 0 Å². The van der Waals surface area contributed by atoms with Crippen molar-refractivity contribution in [3.8, 4) is 0 Å². The van der Waals surface area contributed by atoms with E-state index in [0.29, 0.717) is 11.6 Å². The van der Waals surface area contributed by atoms with E-state index in [1.54, 1.807) is 0 Å². The molecule has 0 bridgehead atoms. The van der Waals surface area contributed by atoms with Crippen molar-refractivity contribution in [3.63, 3.8) is 0 Å². The minimum absolute atomic E-state index is 0.325. The standard InChI is InChI=1S/C14H28N2O/c1-3-14(2)12-16(10-8-15-14)9-7-13-6-4-5-11-17-13/h13,15H,3-12H2,1-2H3. The lowest BCUT2D eigenvalue weighted by molar-refractivity contribution is 0.00210. The third-order valence-electron chi connectivity index (χ3n) is 4.37. The number of piperazine rings is 1. The summed E-state index contributed by atoms with van der Waals surface area (Å²) in [7, 11) is 0. The van der Waals surface area contributed by atoms with E-state index in [4.69, 9.17) is 4.74 Å². The summed E-state index contributed by atoms with van der Waals surface area (Å²) in [6.07, 6.45) is 6.86. The first-order valence-electron chi connectivity index (χ1n) is 7.31. The van der Waals surface area contributed by atoms with Crippen LogP contribution in [0.4, 0.5) is 0 Å². The quantitative estimate of drug-likeness (QED) is 0.813. The van der Waals surface area contributed by atoms with E-state index in [9.17, 15) is 0 Å². The van der Waals surface area contributed by atoms with Gasteiger partial charge in [0.2, 0.25) is 0 Å². The number of nitrogens with zero attached hydrogens (tertiary/aromatic N) is 1. The maximum Gasteiger partial charge on any atom is 0.0587 e. The first-order chi connectivity index (χ1) is 8.22. The van der Waals surface area contributed by atoms with Gasteiger partial charge in [0.05, 0.1) is 6.10 Å². The Morgan fingerprint density at radius 1 is 1.41 bits per heavy atom. The van der Waals surface area contributed by atoms with Gasteiger partial charge in [-0.05, 0) is 39.0 Å². The van der Waals surface area contributed by atoms with E-state index in [2.05, 4.69) is 24.1 Å². The summed E-state index contributed by atoms with van der Waals surface area (Å²) in [5.41, 5.74) is 0.325. The molecule has 100 valence electrons. The normalized spacial score (nSPS) is 36.0. The topological polar surface area (TPSA) is 24.5 Å².